The van der Waals surface area contributed by atoms with E-state index in [0.29, 0.717) is 5.69 Å². The Balaban J connectivity index is 2.19. The van der Waals surface area contributed by atoms with Gasteiger partial charge in [-0.3, -0.25) is 4.72 Å². The highest BCUT2D eigenvalue weighted by atomic mass is 32.2. The third-order valence-corrected chi connectivity index (χ3v) is 5.52. The number of hydrogen-bond donors (Lipinski definition) is 1. The standard InChI is InChI=1S/C23H40N2O2S/c1-4-6-7-8-9-10-11-13-20-25(5-2)21-14-12-15-22-16-18-23(19-17-22)24-28(3,26)27/h12,15-19,24H,4-11,13-14,20-21H2,1-3H3. The van der Waals surface area contributed by atoms with Crippen molar-refractivity contribution in [3.63, 3.8) is 0 Å². The zero-order valence-electron chi connectivity index (χ0n) is 18.1. The molecule has 0 aliphatic carbocycles. The Kier molecular flexibility index (Phi) is 12.9. The second kappa shape index (κ2) is 14.6. The molecule has 28 heavy (non-hydrogen) atoms. The molecule has 0 saturated heterocycles. The van der Waals surface area contributed by atoms with E-state index in [4.69, 9.17) is 0 Å². The van der Waals surface area contributed by atoms with Crippen molar-refractivity contribution in [3.05, 3.63) is 35.9 Å². The first-order valence-electron chi connectivity index (χ1n) is 10.9. The maximum Gasteiger partial charge on any atom is 0.229 e. The van der Waals surface area contributed by atoms with Crippen molar-refractivity contribution in [1.29, 1.82) is 0 Å². The molecule has 5 heteroatoms. The maximum atomic E-state index is 11.2. The highest BCUT2D eigenvalue weighted by Crippen LogP contribution is 2.12. The van der Waals surface area contributed by atoms with Crippen LogP contribution in [0.2, 0.25) is 0 Å². The van der Waals surface area contributed by atoms with Crippen LogP contribution < -0.4 is 4.72 Å². The van der Waals surface area contributed by atoms with Crippen molar-refractivity contribution in [2.45, 2.75) is 71.6 Å². The summed E-state index contributed by atoms with van der Waals surface area (Å²) in [7, 11) is -3.21. The van der Waals surface area contributed by atoms with E-state index in [0.717, 1.165) is 31.3 Å². The first-order valence-corrected chi connectivity index (χ1v) is 12.8. The van der Waals surface area contributed by atoms with Crippen LogP contribution in [0, 0.1) is 0 Å². The van der Waals surface area contributed by atoms with Crippen molar-refractivity contribution in [2.24, 2.45) is 0 Å². The van der Waals surface area contributed by atoms with Gasteiger partial charge in [-0.05, 0) is 43.6 Å². The largest absolute Gasteiger partial charge is 0.303 e. The van der Waals surface area contributed by atoms with Crippen LogP contribution in [-0.4, -0.2) is 39.2 Å². The Morgan fingerprint density at radius 3 is 2.07 bits per heavy atom. The summed E-state index contributed by atoms with van der Waals surface area (Å²) in [6.45, 7) is 7.91. The van der Waals surface area contributed by atoms with Gasteiger partial charge in [-0.1, -0.05) is 83.1 Å². The summed E-state index contributed by atoms with van der Waals surface area (Å²) in [6.07, 6.45) is 17.5. The number of nitrogens with one attached hydrogen (secondary N) is 1. The highest BCUT2D eigenvalue weighted by molar-refractivity contribution is 7.92. The van der Waals surface area contributed by atoms with Crippen molar-refractivity contribution >= 4 is 21.8 Å². The minimum Gasteiger partial charge on any atom is -0.303 e. The van der Waals surface area contributed by atoms with Gasteiger partial charge in [0.15, 0.2) is 0 Å². The fraction of sp³-hybridized carbons (Fsp3) is 0.652. The van der Waals surface area contributed by atoms with Gasteiger partial charge < -0.3 is 4.90 Å². The molecule has 0 atom stereocenters. The molecule has 0 amide bonds. The number of rotatable bonds is 16. The lowest BCUT2D eigenvalue weighted by atomic mass is 10.1. The van der Waals surface area contributed by atoms with Gasteiger partial charge in [0.25, 0.3) is 0 Å². The Labute approximate surface area is 173 Å². The molecular weight excluding hydrogens is 368 g/mol. The summed E-state index contributed by atoms with van der Waals surface area (Å²) >= 11 is 0. The first kappa shape index (κ1) is 24.7. The fourth-order valence-electron chi connectivity index (χ4n) is 3.25. The van der Waals surface area contributed by atoms with Crippen LogP contribution in [-0.2, 0) is 10.0 Å². The van der Waals surface area contributed by atoms with Crippen LogP contribution in [0.1, 0.15) is 77.2 Å². The molecule has 4 nitrogen and oxygen atoms in total. The Hall–Kier alpha value is -1.33. The van der Waals surface area contributed by atoms with Crippen molar-refractivity contribution in [3.8, 4) is 0 Å². The predicted octanol–water partition coefficient (Wildman–Crippen LogP) is 5.92. The molecule has 0 aromatic heterocycles. The summed E-state index contributed by atoms with van der Waals surface area (Å²) in [6, 6.07) is 7.45. The second-order valence-electron chi connectivity index (χ2n) is 7.60. The predicted molar refractivity (Wildman–Crippen MR) is 123 cm³/mol. The number of nitrogens with zero attached hydrogens (tertiary/aromatic N) is 1. The van der Waals surface area contributed by atoms with Crippen molar-refractivity contribution in [1.82, 2.24) is 4.90 Å². The summed E-state index contributed by atoms with van der Waals surface area (Å²) in [4.78, 5) is 2.53. The van der Waals surface area contributed by atoms with Gasteiger partial charge in [0.1, 0.15) is 0 Å². The lowest BCUT2D eigenvalue weighted by Crippen LogP contribution is -2.25. The van der Waals surface area contributed by atoms with Gasteiger partial charge in [-0.2, -0.15) is 0 Å². The first-order chi connectivity index (χ1) is 13.4. The number of benzene rings is 1. The van der Waals surface area contributed by atoms with Gasteiger partial charge >= 0.3 is 0 Å². The van der Waals surface area contributed by atoms with E-state index >= 15 is 0 Å². The van der Waals surface area contributed by atoms with Gasteiger partial charge in [0, 0.05) is 12.2 Å². The molecule has 0 spiro atoms. The quantitative estimate of drug-likeness (QED) is 0.345. The van der Waals surface area contributed by atoms with E-state index in [1.54, 1.807) is 12.1 Å². The zero-order chi connectivity index (χ0) is 20.7. The average Bonchev–Trinajstić information content (AvgIpc) is 2.65. The highest BCUT2D eigenvalue weighted by Gasteiger charge is 2.02. The number of hydrogen-bond acceptors (Lipinski definition) is 3. The van der Waals surface area contributed by atoms with E-state index in [1.807, 2.05) is 12.1 Å². The summed E-state index contributed by atoms with van der Waals surface area (Å²) in [5.41, 5.74) is 1.69. The van der Waals surface area contributed by atoms with Crippen LogP contribution in [0.4, 0.5) is 5.69 Å². The summed E-state index contributed by atoms with van der Waals surface area (Å²) in [5, 5.41) is 0. The van der Waals surface area contributed by atoms with Crippen LogP contribution in [0.3, 0.4) is 0 Å². The van der Waals surface area contributed by atoms with E-state index in [1.165, 1.54) is 57.9 Å². The van der Waals surface area contributed by atoms with Crippen LogP contribution >= 0.6 is 0 Å². The van der Waals surface area contributed by atoms with Gasteiger partial charge in [0.2, 0.25) is 10.0 Å². The van der Waals surface area contributed by atoms with Gasteiger partial charge in [0.05, 0.1) is 6.26 Å². The molecule has 0 radical (unpaired) electrons. The van der Waals surface area contributed by atoms with Crippen LogP contribution in [0.25, 0.3) is 6.08 Å². The molecule has 0 aliphatic heterocycles. The average molecular weight is 409 g/mol. The molecule has 1 N–H and O–H groups in total. The van der Waals surface area contributed by atoms with Gasteiger partial charge in [-0.15, -0.1) is 0 Å². The molecule has 0 heterocycles. The number of sulfonamides is 1. The van der Waals surface area contributed by atoms with E-state index in [9.17, 15) is 8.42 Å². The molecule has 1 aromatic carbocycles. The minimum atomic E-state index is -3.21. The van der Waals surface area contributed by atoms with Crippen molar-refractivity contribution < 1.29 is 8.42 Å². The molecule has 1 aromatic rings. The molecule has 0 aliphatic rings. The molecule has 160 valence electrons. The Morgan fingerprint density at radius 1 is 0.893 bits per heavy atom. The molecular formula is C23H40N2O2S. The third-order valence-electron chi connectivity index (χ3n) is 4.91. The van der Waals surface area contributed by atoms with Crippen LogP contribution in [0.15, 0.2) is 30.3 Å². The topological polar surface area (TPSA) is 49.4 Å². The number of anilines is 1. The Bertz CT molecular complexity index is 639. The van der Waals surface area contributed by atoms with E-state index in [2.05, 4.69) is 35.6 Å². The summed E-state index contributed by atoms with van der Waals surface area (Å²) < 4.78 is 24.9. The smallest absolute Gasteiger partial charge is 0.229 e. The Morgan fingerprint density at radius 2 is 1.50 bits per heavy atom. The maximum absolute atomic E-state index is 11.2. The molecule has 0 fully saturated rings. The molecule has 0 saturated carbocycles. The monoisotopic (exact) mass is 408 g/mol. The van der Waals surface area contributed by atoms with E-state index < -0.39 is 10.0 Å². The second-order valence-corrected chi connectivity index (χ2v) is 9.34. The van der Waals surface area contributed by atoms with Crippen molar-refractivity contribution in [2.75, 3.05) is 30.6 Å². The van der Waals surface area contributed by atoms with E-state index in [-0.39, 0.29) is 0 Å². The number of unbranched alkanes of at least 4 members (excludes halogenated alkanes) is 7. The molecule has 0 unspecified atom stereocenters. The SMILES string of the molecule is CCCCCCCCCCN(CC)CCC=Cc1ccc(NS(C)(=O)=O)cc1. The van der Waals surface area contributed by atoms with Crippen LogP contribution in [0.5, 0.6) is 0 Å². The lowest BCUT2D eigenvalue weighted by molar-refractivity contribution is 0.286. The third kappa shape index (κ3) is 12.9. The zero-order valence-corrected chi connectivity index (χ0v) is 18.9. The van der Waals surface area contributed by atoms with Gasteiger partial charge in [-0.25, -0.2) is 8.42 Å². The lowest BCUT2D eigenvalue weighted by Gasteiger charge is -2.19. The fourth-order valence-corrected chi connectivity index (χ4v) is 3.81. The molecule has 1 rings (SSSR count). The minimum absolute atomic E-state index is 0.599. The molecule has 0 bridgehead atoms. The normalized spacial score (nSPS) is 12.1. The summed E-state index contributed by atoms with van der Waals surface area (Å²) in [5.74, 6) is 0.